The van der Waals surface area contributed by atoms with Gasteiger partial charge < -0.3 is 10.2 Å². The van der Waals surface area contributed by atoms with Crippen LogP contribution in [-0.4, -0.2) is 52.4 Å². The molecule has 1 aromatic carbocycles. The van der Waals surface area contributed by atoms with Gasteiger partial charge in [-0.3, -0.25) is 14.5 Å². The zero-order valence-electron chi connectivity index (χ0n) is 17.0. The van der Waals surface area contributed by atoms with Crippen LogP contribution < -0.4 is 5.32 Å². The molecule has 2 fully saturated rings. The molecule has 1 aliphatic carbocycles. The summed E-state index contributed by atoms with van der Waals surface area (Å²) in [7, 11) is 0. The molecule has 2 heterocycles. The SMILES string of the molecule is CCCN1C(=O)C2CCC(C(=O)N3CC=C(c4ccccc4)CC3)CC2NC1=S. The molecule has 2 aliphatic heterocycles. The molecule has 5 nitrogen and oxygen atoms in total. The zero-order chi connectivity index (χ0) is 20.4. The molecule has 1 N–H and O–H groups in total. The maximum atomic E-state index is 13.1. The summed E-state index contributed by atoms with van der Waals surface area (Å²) in [6.45, 7) is 4.15. The van der Waals surface area contributed by atoms with E-state index in [1.165, 1.54) is 11.1 Å². The van der Waals surface area contributed by atoms with E-state index in [0.29, 0.717) is 24.6 Å². The number of nitrogens with one attached hydrogen (secondary N) is 1. The Morgan fingerprint density at radius 3 is 2.72 bits per heavy atom. The molecule has 0 bridgehead atoms. The number of rotatable bonds is 4. The molecule has 3 atom stereocenters. The molecule has 1 saturated heterocycles. The number of fused-ring (bicyclic) bond motifs is 1. The van der Waals surface area contributed by atoms with Crippen molar-refractivity contribution >= 4 is 34.7 Å². The fourth-order valence-corrected chi connectivity index (χ4v) is 5.20. The third-order valence-corrected chi connectivity index (χ3v) is 6.79. The van der Waals surface area contributed by atoms with Crippen LogP contribution in [0.4, 0.5) is 0 Å². The highest BCUT2D eigenvalue weighted by molar-refractivity contribution is 7.80. The van der Waals surface area contributed by atoms with E-state index in [1.54, 1.807) is 4.90 Å². The van der Waals surface area contributed by atoms with E-state index in [-0.39, 0.29) is 29.7 Å². The maximum absolute atomic E-state index is 13.1. The summed E-state index contributed by atoms with van der Waals surface area (Å²) >= 11 is 5.42. The first-order chi connectivity index (χ1) is 14.1. The number of hydrogen-bond donors (Lipinski definition) is 1. The zero-order valence-corrected chi connectivity index (χ0v) is 17.8. The molecule has 1 saturated carbocycles. The van der Waals surface area contributed by atoms with Crippen molar-refractivity contribution in [2.75, 3.05) is 19.6 Å². The first-order valence-corrected chi connectivity index (χ1v) is 11.1. The maximum Gasteiger partial charge on any atom is 0.233 e. The van der Waals surface area contributed by atoms with Crippen molar-refractivity contribution in [2.45, 2.75) is 45.1 Å². The first-order valence-electron chi connectivity index (χ1n) is 10.7. The van der Waals surface area contributed by atoms with Gasteiger partial charge in [-0.15, -0.1) is 0 Å². The quantitative estimate of drug-likeness (QED) is 0.773. The van der Waals surface area contributed by atoms with Crippen LogP contribution in [0, 0.1) is 11.8 Å². The Hall–Kier alpha value is -2.21. The molecule has 154 valence electrons. The lowest BCUT2D eigenvalue weighted by molar-refractivity contribution is -0.141. The summed E-state index contributed by atoms with van der Waals surface area (Å²) in [5.41, 5.74) is 2.56. The van der Waals surface area contributed by atoms with Crippen molar-refractivity contribution in [3.63, 3.8) is 0 Å². The van der Waals surface area contributed by atoms with Gasteiger partial charge in [0.2, 0.25) is 11.8 Å². The van der Waals surface area contributed by atoms with Gasteiger partial charge in [-0.05, 0) is 55.5 Å². The van der Waals surface area contributed by atoms with Crippen molar-refractivity contribution in [1.29, 1.82) is 0 Å². The van der Waals surface area contributed by atoms with Crippen molar-refractivity contribution in [2.24, 2.45) is 11.8 Å². The standard InChI is InChI=1S/C23H29N3O2S/c1-2-12-26-22(28)19-9-8-18(15-20(19)24-23(26)29)21(27)25-13-10-17(11-14-25)16-6-4-3-5-7-16/h3-7,10,18-20H,2,8-9,11-15H2,1H3,(H,24,29). The van der Waals surface area contributed by atoms with Gasteiger partial charge in [-0.1, -0.05) is 43.3 Å². The predicted octanol–water partition coefficient (Wildman–Crippen LogP) is 3.21. The fourth-order valence-electron chi connectivity index (χ4n) is 4.86. The second-order valence-corrected chi connectivity index (χ2v) is 8.68. The van der Waals surface area contributed by atoms with Crippen molar-refractivity contribution in [1.82, 2.24) is 15.1 Å². The van der Waals surface area contributed by atoms with Gasteiger partial charge in [0, 0.05) is 31.6 Å². The van der Waals surface area contributed by atoms with E-state index in [1.807, 2.05) is 17.9 Å². The van der Waals surface area contributed by atoms with Crippen molar-refractivity contribution in [3.8, 4) is 0 Å². The van der Waals surface area contributed by atoms with Gasteiger partial charge in [-0.2, -0.15) is 0 Å². The predicted molar refractivity (Wildman–Crippen MR) is 118 cm³/mol. The van der Waals surface area contributed by atoms with Crippen LogP contribution in [-0.2, 0) is 9.59 Å². The van der Waals surface area contributed by atoms with Crippen LogP contribution >= 0.6 is 12.2 Å². The van der Waals surface area contributed by atoms with Crippen molar-refractivity contribution < 1.29 is 9.59 Å². The highest BCUT2D eigenvalue weighted by Crippen LogP contribution is 2.35. The van der Waals surface area contributed by atoms with E-state index in [9.17, 15) is 9.59 Å². The average molecular weight is 412 g/mol. The minimum atomic E-state index is -0.0526. The molecule has 0 radical (unpaired) electrons. The number of carbonyl (C=O) groups is 2. The summed E-state index contributed by atoms with van der Waals surface area (Å²) in [5, 5.41) is 3.88. The fraction of sp³-hybridized carbons (Fsp3) is 0.522. The summed E-state index contributed by atoms with van der Waals surface area (Å²) in [6, 6.07) is 10.4. The lowest BCUT2D eigenvalue weighted by Gasteiger charge is -2.44. The minimum Gasteiger partial charge on any atom is -0.359 e. The summed E-state index contributed by atoms with van der Waals surface area (Å²) in [5.74, 6) is 0.287. The van der Waals surface area contributed by atoms with Crippen LogP contribution in [0.2, 0.25) is 0 Å². The number of thiocarbonyl (C=S) groups is 1. The molecule has 0 spiro atoms. The molecule has 2 amide bonds. The molecule has 3 unspecified atom stereocenters. The van der Waals surface area contributed by atoms with Crippen molar-refractivity contribution in [3.05, 3.63) is 42.0 Å². The Labute approximate surface area is 178 Å². The van der Waals surface area contributed by atoms with Crippen LogP contribution in [0.15, 0.2) is 36.4 Å². The third kappa shape index (κ3) is 4.08. The Morgan fingerprint density at radius 1 is 1.24 bits per heavy atom. The van der Waals surface area contributed by atoms with Gasteiger partial charge in [-0.25, -0.2) is 0 Å². The second-order valence-electron chi connectivity index (χ2n) is 8.29. The van der Waals surface area contributed by atoms with Gasteiger partial charge in [0.05, 0.1) is 5.92 Å². The van der Waals surface area contributed by atoms with Crippen LogP contribution in [0.1, 0.15) is 44.6 Å². The van der Waals surface area contributed by atoms with Gasteiger partial charge in [0.1, 0.15) is 0 Å². The molecule has 6 heteroatoms. The Morgan fingerprint density at radius 2 is 2.03 bits per heavy atom. The lowest BCUT2D eigenvalue weighted by atomic mass is 9.76. The molecule has 1 aromatic rings. The van der Waals surface area contributed by atoms with E-state index in [0.717, 1.165) is 32.2 Å². The Bertz CT molecular complexity index is 823. The first kappa shape index (κ1) is 20.1. The smallest absolute Gasteiger partial charge is 0.233 e. The summed E-state index contributed by atoms with van der Waals surface area (Å²) < 4.78 is 0. The average Bonchev–Trinajstić information content (AvgIpc) is 2.76. The highest BCUT2D eigenvalue weighted by atomic mass is 32.1. The molecule has 29 heavy (non-hydrogen) atoms. The number of benzene rings is 1. The Balaban J connectivity index is 1.37. The third-order valence-electron chi connectivity index (χ3n) is 6.45. The topological polar surface area (TPSA) is 52.7 Å². The van der Waals surface area contributed by atoms with E-state index in [2.05, 4.69) is 35.7 Å². The van der Waals surface area contributed by atoms with Crippen LogP contribution in [0.3, 0.4) is 0 Å². The van der Waals surface area contributed by atoms with Gasteiger partial charge >= 0.3 is 0 Å². The summed E-state index contributed by atoms with van der Waals surface area (Å²) in [4.78, 5) is 29.6. The van der Waals surface area contributed by atoms with Crippen LogP contribution in [0.25, 0.3) is 5.57 Å². The van der Waals surface area contributed by atoms with Gasteiger partial charge in [0.25, 0.3) is 0 Å². The number of carbonyl (C=O) groups excluding carboxylic acids is 2. The minimum absolute atomic E-state index is 0.00832. The number of hydrogen-bond acceptors (Lipinski definition) is 3. The monoisotopic (exact) mass is 411 g/mol. The normalized spacial score (nSPS) is 27.2. The van der Waals surface area contributed by atoms with E-state index >= 15 is 0 Å². The second kappa shape index (κ2) is 8.66. The summed E-state index contributed by atoms with van der Waals surface area (Å²) in [6.07, 6.45) is 6.20. The highest BCUT2D eigenvalue weighted by Gasteiger charge is 2.44. The molecule has 0 aromatic heterocycles. The molecule has 4 rings (SSSR count). The number of nitrogens with zero attached hydrogens (tertiary/aromatic N) is 2. The largest absolute Gasteiger partial charge is 0.359 e. The molecular formula is C23H29N3O2S. The van der Waals surface area contributed by atoms with E-state index in [4.69, 9.17) is 12.2 Å². The van der Waals surface area contributed by atoms with E-state index < -0.39 is 0 Å². The number of amides is 2. The van der Waals surface area contributed by atoms with Crippen LogP contribution in [0.5, 0.6) is 0 Å². The Kier molecular flexibility index (Phi) is 5.99. The lowest BCUT2D eigenvalue weighted by Crippen LogP contribution is -2.62. The molecule has 3 aliphatic rings. The molecular weight excluding hydrogens is 382 g/mol. The van der Waals surface area contributed by atoms with Gasteiger partial charge in [0.15, 0.2) is 5.11 Å².